The highest BCUT2D eigenvalue weighted by molar-refractivity contribution is 14.0. The van der Waals surface area contributed by atoms with E-state index in [0.717, 1.165) is 50.8 Å². The molecule has 3 aliphatic heterocycles. The maximum absolute atomic E-state index is 12.6. The van der Waals surface area contributed by atoms with E-state index >= 15 is 0 Å². The van der Waals surface area contributed by atoms with Gasteiger partial charge in [0.2, 0.25) is 0 Å². The molecule has 0 amide bonds. The number of alkyl halides is 3. The van der Waals surface area contributed by atoms with Crippen molar-refractivity contribution in [2.24, 2.45) is 4.99 Å². The fourth-order valence-corrected chi connectivity index (χ4v) is 5.60. The molecule has 0 radical (unpaired) electrons. The molecule has 2 atom stereocenters. The number of hydrogen-bond donors (Lipinski definition) is 2. The summed E-state index contributed by atoms with van der Waals surface area (Å²) in [4.78, 5) is 8.27. The van der Waals surface area contributed by atoms with E-state index in [1.807, 2.05) is 11.8 Å². The zero-order valence-electron chi connectivity index (χ0n) is 16.3. The van der Waals surface area contributed by atoms with Crippen LogP contribution in [0.4, 0.5) is 13.2 Å². The van der Waals surface area contributed by atoms with Crippen molar-refractivity contribution in [2.45, 2.75) is 30.6 Å². The monoisotopic (exact) mass is 537 g/mol. The predicted molar refractivity (Wildman–Crippen MR) is 118 cm³/mol. The molecule has 0 aliphatic carbocycles. The first-order chi connectivity index (χ1) is 12.9. The first-order valence-corrected chi connectivity index (χ1v) is 10.7. The minimum atomic E-state index is -4.14. The number of thioether (sulfide) groups is 1. The second-order valence-electron chi connectivity index (χ2n) is 7.53. The van der Waals surface area contributed by atoms with Crippen LogP contribution in [0, 0.1) is 0 Å². The lowest BCUT2D eigenvalue weighted by atomic mass is 9.95. The molecule has 11 heteroatoms. The Labute approximate surface area is 186 Å². The minimum Gasteiger partial charge on any atom is -0.379 e. The summed E-state index contributed by atoms with van der Waals surface area (Å²) in [7, 11) is 1.71. The van der Waals surface area contributed by atoms with Gasteiger partial charge in [-0.2, -0.15) is 24.9 Å². The molecule has 2 unspecified atom stereocenters. The topological polar surface area (TPSA) is 52.1 Å². The quantitative estimate of drug-likeness (QED) is 0.316. The molecule has 28 heavy (non-hydrogen) atoms. The number of likely N-dealkylation sites (tertiary alicyclic amines) is 1. The number of aliphatic imine (C=N–C) groups is 1. The molecule has 0 spiro atoms. The van der Waals surface area contributed by atoms with Crippen molar-refractivity contribution in [3.05, 3.63) is 0 Å². The van der Waals surface area contributed by atoms with Gasteiger partial charge in [0.05, 0.1) is 19.8 Å². The van der Waals surface area contributed by atoms with Gasteiger partial charge < -0.3 is 15.4 Å². The Balaban J connectivity index is 0.00000280. The summed E-state index contributed by atoms with van der Waals surface area (Å²) in [6.45, 7) is 4.25. The maximum atomic E-state index is 12.6. The number of morpholine rings is 1. The van der Waals surface area contributed by atoms with Crippen molar-refractivity contribution in [2.75, 3.05) is 71.0 Å². The molecule has 2 N–H and O–H groups in total. The Bertz CT molecular complexity index is 514. The molecule has 0 bridgehead atoms. The Morgan fingerprint density at radius 3 is 2.64 bits per heavy atom. The van der Waals surface area contributed by atoms with E-state index < -0.39 is 12.7 Å². The van der Waals surface area contributed by atoms with Crippen molar-refractivity contribution in [3.63, 3.8) is 0 Å². The average molecular weight is 537 g/mol. The van der Waals surface area contributed by atoms with E-state index in [2.05, 4.69) is 20.5 Å². The molecule has 0 saturated carbocycles. The Morgan fingerprint density at radius 2 is 2.04 bits per heavy atom. The lowest BCUT2D eigenvalue weighted by molar-refractivity contribution is -0.143. The predicted octanol–water partition coefficient (Wildman–Crippen LogP) is 1.61. The fraction of sp³-hybridized carbons (Fsp3) is 0.941. The van der Waals surface area contributed by atoms with E-state index in [1.165, 1.54) is 4.90 Å². The molecule has 6 nitrogen and oxygen atoms in total. The van der Waals surface area contributed by atoms with Crippen molar-refractivity contribution >= 4 is 41.7 Å². The lowest BCUT2D eigenvalue weighted by Gasteiger charge is -2.43. The molecule has 3 fully saturated rings. The van der Waals surface area contributed by atoms with Crippen LogP contribution in [-0.4, -0.2) is 105 Å². The number of guanidine groups is 1. The summed E-state index contributed by atoms with van der Waals surface area (Å²) < 4.78 is 43.2. The number of ether oxygens (including phenoxy) is 1. The van der Waals surface area contributed by atoms with Gasteiger partial charge in [-0.25, -0.2) is 0 Å². The highest BCUT2D eigenvalue weighted by atomic mass is 127. The summed E-state index contributed by atoms with van der Waals surface area (Å²) in [5.41, 5.74) is 0.101. The third-order valence-corrected chi connectivity index (χ3v) is 6.82. The smallest absolute Gasteiger partial charge is 0.379 e. The van der Waals surface area contributed by atoms with Crippen molar-refractivity contribution in [3.8, 4) is 0 Å². The largest absolute Gasteiger partial charge is 0.401 e. The molecule has 3 rings (SSSR count). The summed E-state index contributed by atoms with van der Waals surface area (Å²) in [5, 5.41) is 6.75. The minimum absolute atomic E-state index is 0. The van der Waals surface area contributed by atoms with Crippen LogP contribution in [-0.2, 0) is 4.74 Å². The second kappa shape index (κ2) is 10.9. The molecular formula is C17H31F3IN5OS. The normalized spacial score (nSPS) is 30.3. The van der Waals surface area contributed by atoms with Crippen LogP contribution < -0.4 is 10.6 Å². The van der Waals surface area contributed by atoms with Gasteiger partial charge in [-0.15, -0.1) is 24.0 Å². The first-order valence-electron chi connectivity index (χ1n) is 9.57. The number of halogens is 4. The van der Waals surface area contributed by atoms with Crippen LogP contribution in [0.15, 0.2) is 4.99 Å². The molecule has 164 valence electrons. The Kier molecular flexibility index (Phi) is 9.43. The van der Waals surface area contributed by atoms with Crippen molar-refractivity contribution < 1.29 is 17.9 Å². The molecule has 3 heterocycles. The van der Waals surface area contributed by atoms with Gasteiger partial charge in [0.25, 0.3) is 0 Å². The van der Waals surface area contributed by atoms with Gasteiger partial charge in [-0.3, -0.25) is 14.8 Å². The van der Waals surface area contributed by atoms with Crippen molar-refractivity contribution in [1.29, 1.82) is 0 Å². The van der Waals surface area contributed by atoms with Gasteiger partial charge in [0, 0.05) is 57.1 Å². The lowest BCUT2D eigenvalue weighted by Crippen LogP contribution is -2.60. The standard InChI is InChI=1S/C17H30F3N5OS.HI/c1-21-15(23-14-2-4-24(10-14)12-17(18,19)20)22-11-16(3-9-27-13-16)25-5-7-26-8-6-25;/h14H,2-13H2,1H3,(H2,21,22,23);1H. The Hall–Kier alpha value is 0.0200. The third-order valence-electron chi connectivity index (χ3n) is 5.59. The molecule has 3 saturated heterocycles. The second-order valence-corrected chi connectivity index (χ2v) is 8.64. The van der Waals surface area contributed by atoms with Crippen LogP contribution >= 0.6 is 35.7 Å². The van der Waals surface area contributed by atoms with Gasteiger partial charge in [0.15, 0.2) is 5.96 Å². The van der Waals surface area contributed by atoms with Gasteiger partial charge in [-0.05, 0) is 18.6 Å². The fourth-order valence-electron chi connectivity index (χ4n) is 4.12. The van der Waals surface area contributed by atoms with Gasteiger partial charge in [0.1, 0.15) is 0 Å². The highest BCUT2D eigenvalue weighted by Crippen LogP contribution is 2.33. The summed E-state index contributed by atoms with van der Waals surface area (Å²) in [5.74, 6) is 2.92. The number of nitrogens with one attached hydrogen (secondary N) is 2. The molecule has 0 aromatic rings. The van der Waals surface area contributed by atoms with E-state index in [0.29, 0.717) is 25.5 Å². The highest BCUT2D eigenvalue weighted by Gasteiger charge is 2.41. The summed E-state index contributed by atoms with van der Waals surface area (Å²) in [6.07, 6.45) is -2.31. The first kappa shape index (κ1) is 24.3. The van der Waals surface area contributed by atoms with Gasteiger partial charge in [-0.1, -0.05) is 0 Å². The molecule has 0 aromatic carbocycles. The SMILES string of the molecule is CN=C(NCC1(N2CCOCC2)CCSC1)NC1CCN(CC(F)(F)F)C1.I. The Morgan fingerprint density at radius 1 is 1.29 bits per heavy atom. The van der Waals surface area contributed by atoms with Crippen molar-refractivity contribution in [1.82, 2.24) is 20.4 Å². The third kappa shape index (κ3) is 6.78. The van der Waals surface area contributed by atoms with Gasteiger partial charge >= 0.3 is 6.18 Å². The van der Waals surface area contributed by atoms with Crippen LogP contribution in [0.2, 0.25) is 0 Å². The molecular weight excluding hydrogens is 506 g/mol. The number of hydrogen-bond acceptors (Lipinski definition) is 5. The van der Waals surface area contributed by atoms with E-state index in [9.17, 15) is 13.2 Å². The van der Waals surface area contributed by atoms with Crippen LogP contribution in [0.25, 0.3) is 0 Å². The zero-order valence-corrected chi connectivity index (χ0v) is 19.4. The maximum Gasteiger partial charge on any atom is 0.401 e. The summed E-state index contributed by atoms with van der Waals surface area (Å²) >= 11 is 1.98. The van der Waals surface area contributed by atoms with Crippen LogP contribution in [0.1, 0.15) is 12.8 Å². The van der Waals surface area contributed by atoms with Crippen LogP contribution in [0.3, 0.4) is 0 Å². The van der Waals surface area contributed by atoms with E-state index in [-0.39, 0.29) is 35.6 Å². The molecule has 3 aliphatic rings. The summed E-state index contributed by atoms with van der Waals surface area (Å²) in [6, 6.07) is -0.00385. The van der Waals surface area contributed by atoms with E-state index in [1.54, 1.807) is 7.05 Å². The zero-order chi connectivity index (χ0) is 19.3. The van der Waals surface area contributed by atoms with E-state index in [4.69, 9.17) is 4.74 Å². The number of rotatable bonds is 5. The molecule has 0 aromatic heterocycles. The number of nitrogens with zero attached hydrogens (tertiary/aromatic N) is 3. The van der Waals surface area contributed by atoms with Crippen LogP contribution in [0.5, 0.6) is 0 Å². The average Bonchev–Trinajstić information content (AvgIpc) is 3.28.